The standard InChI is InChI=1S/C16H24O3/c1-11-10-13(12(2)17)8-9-15(11)19-16-7-5-3-4-6-14(16)18/h8-10,12,14,16-18H,3-7H2,1-2H3. The maximum atomic E-state index is 10.1. The maximum absolute atomic E-state index is 10.1. The predicted octanol–water partition coefficient (Wildman–Crippen LogP) is 3.12. The van der Waals surface area contributed by atoms with Crippen molar-refractivity contribution in [1.29, 1.82) is 0 Å². The molecule has 0 saturated heterocycles. The lowest BCUT2D eigenvalue weighted by Crippen LogP contribution is -2.30. The molecular formula is C16H24O3. The maximum Gasteiger partial charge on any atom is 0.124 e. The third kappa shape index (κ3) is 3.71. The molecule has 0 bridgehead atoms. The lowest BCUT2D eigenvalue weighted by molar-refractivity contribution is 0.0315. The van der Waals surface area contributed by atoms with Crippen LogP contribution in [0.4, 0.5) is 0 Å². The summed E-state index contributed by atoms with van der Waals surface area (Å²) < 4.78 is 5.98. The summed E-state index contributed by atoms with van der Waals surface area (Å²) in [6.45, 7) is 3.73. The van der Waals surface area contributed by atoms with Gasteiger partial charge < -0.3 is 14.9 Å². The highest BCUT2D eigenvalue weighted by Crippen LogP contribution is 2.27. The molecule has 0 amide bonds. The number of aliphatic hydroxyl groups excluding tert-OH is 2. The van der Waals surface area contributed by atoms with Crippen molar-refractivity contribution in [2.24, 2.45) is 0 Å². The van der Waals surface area contributed by atoms with Gasteiger partial charge in [-0.15, -0.1) is 0 Å². The SMILES string of the molecule is Cc1cc(C(C)O)ccc1OC1CCCCCC1O. The van der Waals surface area contributed by atoms with Crippen molar-refractivity contribution in [3.63, 3.8) is 0 Å². The second kappa shape index (κ2) is 6.40. The summed E-state index contributed by atoms with van der Waals surface area (Å²) in [6, 6.07) is 5.73. The summed E-state index contributed by atoms with van der Waals surface area (Å²) in [6.07, 6.45) is 4.20. The van der Waals surface area contributed by atoms with Crippen LogP contribution in [-0.2, 0) is 0 Å². The van der Waals surface area contributed by atoms with Crippen molar-refractivity contribution in [3.05, 3.63) is 29.3 Å². The van der Waals surface area contributed by atoms with E-state index in [1.807, 2.05) is 25.1 Å². The van der Waals surface area contributed by atoms with Crippen LogP contribution in [0.25, 0.3) is 0 Å². The molecule has 1 aliphatic rings. The van der Waals surface area contributed by atoms with E-state index >= 15 is 0 Å². The van der Waals surface area contributed by atoms with Crippen LogP contribution >= 0.6 is 0 Å². The van der Waals surface area contributed by atoms with Gasteiger partial charge in [-0.2, -0.15) is 0 Å². The van der Waals surface area contributed by atoms with Crippen molar-refractivity contribution in [3.8, 4) is 5.75 Å². The van der Waals surface area contributed by atoms with Gasteiger partial charge in [0.2, 0.25) is 0 Å². The Morgan fingerprint density at radius 2 is 1.95 bits per heavy atom. The molecule has 3 unspecified atom stereocenters. The summed E-state index contributed by atoms with van der Waals surface area (Å²) in [5, 5.41) is 19.6. The van der Waals surface area contributed by atoms with Crippen molar-refractivity contribution >= 4 is 0 Å². The summed E-state index contributed by atoms with van der Waals surface area (Å²) in [7, 11) is 0. The molecule has 0 heterocycles. The van der Waals surface area contributed by atoms with E-state index in [2.05, 4.69) is 0 Å². The molecule has 1 aliphatic carbocycles. The van der Waals surface area contributed by atoms with Crippen LogP contribution in [0.5, 0.6) is 5.75 Å². The molecule has 0 aliphatic heterocycles. The topological polar surface area (TPSA) is 49.7 Å². The molecule has 3 atom stereocenters. The minimum Gasteiger partial charge on any atom is -0.487 e. The van der Waals surface area contributed by atoms with Crippen molar-refractivity contribution < 1.29 is 14.9 Å². The van der Waals surface area contributed by atoms with Crippen molar-refractivity contribution in [2.75, 3.05) is 0 Å². The fourth-order valence-electron chi connectivity index (χ4n) is 2.62. The number of aliphatic hydroxyl groups is 2. The number of hydrogen-bond donors (Lipinski definition) is 2. The van der Waals surface area contributed by atoms with E-state index in [1.165, 1.54) is 6.42 Å². The van der Waals surface area contributed by atoms with Gasteiger partial charge in [0.25, 0.3) is 0 Å². The molecular weight excluding hydrogens is 240 g/mol. The normalized spacial score (nSPS) is 25.7. The highest BCUT2D eigenvalue weighted by Gasteiger charge is 2.23. The first kappa shape index (κ1) is 14.4. The number of aryl methyl sites for hydroxylation is 1. The molecule has 2 rings (SSSR count). The zero-order chi connectivity index (χ0) is 13.8. The fourth-order valence-corrected chi connectivity index (χ4v) is 2.62. The second-order valence-corrected chi connectivity index (χ2v) is 5.56. The lowest BCUT2D eigenvalue weighted by Gasteiger charge is -2.23. The fraction of sp³-hybridized carbons (Fsp3) is 0.625. The third-order valence-corrected chi connectivity index (χ3v) is 3.88. The van der Waals surface area contributed by atoms with Gasteiger partial charge in [0.15, 0.2) is 0 Å². The van der Waals surface area contributed by atoms with Gasteiger partial charge in [-0.05, 0) is 56.4 Å². The first-order valence-corrected chi connectivity index (χ1v) is 7.21. The Balaban J connectivity index is 2.09. The van der Waals surface area contributed by atoms with E-state index in [0.29, 0.717) is 0 Å². The largest absolute Gasteiger partial charge is 0.487 e. The minimum atomic E-state index is -0.462. The Labute approximate surface area is 115 Å². The molecule has 2 N–H and O–H groups in total. The third-order valence-electron chi connectivity index (χ3n) is 3.88. The van der Waals surface area contributed by atoms with Gasteiger partial charge in [-0.3, -0.25) is 0 Å². The highest BCUT2D eigenvalue weighted by molar-refractivity contribution is 5.37. The van der Waals surface area contributed by atoms with Crippen LogP contribution in [-0.4, -0.2) is 22.4 Å². The molecule has 106 valence electrons. The predicted molar refractivity (Wildman–Crippen MR) is 75.3 cm³/mol. The van der Waals surface area contributed by atoms with Crippen LogP contribution in [0.15, 0.2) is 18.2 Å². The van der Waals surface area contributed by atoms with E-state index < -0.39 is 6.10 Å². The number of benzene rings is 1. The van der Waals surface area contributed by atoms with Gasteiger partial charge in [0.05, 0.1) is 12.2 Å². The van der Waals surface area contributed by atoms with Crippen LogP contribution in [0.3, 0.4) is 0 Å². The van der Waals surface area contributed by atoms with Crippen LogP contribution in [0, 0.1) is 6.92 Å². The van der Waals surface area contributed by atoms with Crippen LogP contribution in [0.2, 0.25) is 0 Å². The van der Waals surface area contributed by atoms with E-state index in [0.717, 1.165) is 42.6 Å². The quantitative estimate of drug-likeness (QED) is 0.825. The zero-order valence-corrected chi connectivity index (χ0v) is 11.8. The number of rotatable bonds is 3. The Morgan fingerprint density at radius 1 is 1.21 bits per heavy atom. The summed E-state index contributed by atoms with van der Waals surface area (Å²) in [5.74, 6) is 0.815. The van der Waals surface area contributed by atoms with Gasteiger partial charge in [0.1, 0.15) is 11.9 Å². The molecule has 0 radical (unpaired) electrons. The summed E-state index contributed by atoms with van der Waals surface area (Å²) >= 11 is 0. The molecule has 1 saturated carbocycles. The average molecular weight is 264 g/mol. The van der Waals surface area contributed by atoms with E-state index in [4.69, 9.17) is 4.74 Å². The van der Waals surface area contributed by atoms with Gasteiger partial charge in [0, 0.05) is 0 Å². The van der Waals surface area contributed by atoms with E-state index in [1.54, 1.807) is 6.92 Å². The highest BCUT2D eigenvalue weighted by atomic mass is 16.5. The molecule has 0 spiro atoms. The molecule has 3 nitrogen and oxygen atoms in total. The Bertz CT molecular complexity index is 414. The van der Waals surface area contributed by atoms with Crippen molar-refractivity contribution in [1.82, 2.24) is 0 Å². The van der Waals surface area contributed by atoms with E-state index in [9.17, 15) is 10.2 Å². The van der Waals surface area contributed by atoms with Gasteiger partial charge >= 0.3 is 0 Å². The molecule has 3 heteroatoms. The molecule has 1 aromatic carbocycles. The molecule has 1 fully saturated rings. The molecule has 1 aromatic rings. The lowest BCUT2D eigenvalue weighted by atomic mass is 10.1. The zero-order valence-electron chi connectivity index (χ0n) is 11.8. The van der Waals surface area contributed by atoms with Crippen molar-refractivity contribution in [2.45, 2.75) is 64.3 Å². The van der Waals surface area contributed by atoms with Crippen LogP contribution in [0.1, 0.15) is 56.3 Å². The Morgan fingerprint density at radius 3 is 2.63 bits per heavy atom. The summed E-state index contributed by atoms with van der Waals surface area (Å²) in [5.41, 5.74) is 1.90. The van der Waals surface area contributed by atoms with Gasteiger partial charge in [-0.1, -0.05) is 18.9 Å². The van der Waals surface area contributed by atoms with Crippen LogP contribution < -0.4 is 4.74 Å². The minimum absolute atomic E-state index is 0.0985. The summed E-state index contributed by atoms with van der Waals surface area (Å²) in [4.78, 5) is 0. The Hall–Kier alpha value is -1.06. The first-order chi connectivity index (χ1) is 9.08. The second-order valence-electron chi connectivity index (χ2n) is 5.56. The van der Waals surface area contributed by atoms with Gasteiger partial charge in [-0.25, -0.2) is 0 Å². The molecule has 0 aromatic heterocycles. The monoisotopic (exact) mass is 264 g/mol. The smallest absolute Gasteiger partial charge is 0.124 e. The molecule has 19 heavy (non-hydrogen) atoms. The average Bonchev–Trinajstić information content (AvgIpc) is 2.57. The number of hydrogen-bond acceptors (Lipinski definition) is 3. The number of ether oxygens (including phenoxy) is 1. The first-order valence-electron chi connectivity index (χ1n) is 7.21. The Kier molecular flexibility index (Phi) is 4.83. The van der Waals surface area contributed by atoms with E-state index in [-0.39, 0.29) is 12.2 Å².